The van der Waals surface area contributed by atoms with Gasteiger partial charge in [0.15, 0.2) is 17.3 Å². The maximum absolute atomic E-state index is 12.1. The first kappa shape index (κ1) is 12.5. The van der Waals surface area contributed by atoms with E-state index >= 15 is 0 Å². The number of ketones is 1. The Morgan fingerprint density at radius 1 is 1.05 bits per heavy atom. The minimum Gasteiger partial charge on any atom is -0.454 e. The van der Waals surface area contributed by atoms with Gasteiger partial charge in [-0.05, 0) is 36.8 Å². The minimum atomic E-state index is -0.0520. The summed E-state index contributed by atoms with van der Waals surface area (Å²) >= 11 is 0. The third-order valence-corrected chi connectivity index (χ3v) is 3.16. The molecular formula is C17H14O3. The van der Waals surface area contributed by atoms with Crippen molar-refractivity contribution < 1.29 is 14.3 Å². The van der Waals surface area contributed by atoms with Gasteiger partial charge in [-0.2, -0.15) is 0 Å². The number of rotatable bonds is 3. The summed E-state index contributed by atoms with van der Waals surface area (Å²) in [5, 5.41) is 0. The van der Waals surface area contributed by atoms with Crippen LogP contribution in [0.1, 0.15) is 21.5 Å². The van der Waals surface area contributed by atoms with Crippen LogP contribution in [-0.2, 0) is 0 Å². The number of hydrogen-bond acceptors (Lipinski definition) is 3. The average Bonchev–Trinajstić information content (AvgIpc) is 2.93. The molecule has 0 atom stereocenters. The number of benzene rings is 2. The Balaban J connectivity index is 1.77. The molecule has 0 bridgehead atoms. The van der Waals surface area contributed by atoms with Gasteiger partial charge in [0.25, 0.3) is 0 Å². The normalized spacial score (nSPS) is 12.8. The fourth-order valence-electron chi connectivity index (χ4n) is 2.00. The highest BCUT2D eigenvalue weighted by Crippen LogP contribution is 2.32. The molecule has 3 nitrogen and oxygen atoms in total. The van der Waals surface area contributed by atoms with Crippen LogP contribution in [0.5, 0.6) is 11.5 Å². The van der Waals surface area contributed by atoms with Crippen molar-refractivity contribution >= 4 is 11.9 Å². The first-order chi connectivity index (χ1) is 9.72. The first-order valence-electron chi connectivity index (χ1n) is 6.41. The molecule has 0 unspecified atom stereocenters. The van der Waals surface area contributed by atoms with E-state index in [9.17, 15) is 4.79 Å². The molecule has 0 amide bonds. The highest BCUT2D eigenvalue weighted by molar-refractivity contribution is 6.07. The lowest BCUT2D eigenvalue weighted by Crippen LogP contribution is -1.94. The monoisotopic (exact) mass is 266 g/mol. The number of hydrogen-bond donors (Lipinski definition) is 0. The summed E-state index contributed by atoms with van der Waals surface area (Å²) < 4.78 is 10.5. The second-order valence-corrected chi connectivity index (χ2v) is 4.68. The molecule has 0 saturated heterocycles. The second kappa shape index (κ2) is 5.21. The van der Waals surface area contributed by atoms with Crippen LogP contribution in [0.25, 0.3) is 6.08 Å². The highest BCUT2D eigenvalue weighted by atomic mass is 16.7. The number of ether oxygens (including phenoxy) is 2. The number of carbonyl (C=O) groups excluding carboxylic acids is 1. The molecule has 2 aromatic carbocycles. The van der Waals surface area contributed by atoms with Crippen molar-refractivity contribution in [2.75, 3.05) is 6.79 Å². The van der Waals surface area contributed by atoms with E-state index in [0.29, 0.717) is 17.1 Å². The molecule has 0 radical (unpaired) electrons. The predicted octanol–water partition coefficient (Wildman–Crippen LogP) is 3.62. The second-order valence-electron chi connectivity index (χ2n) is 4.68. The van der Waals surface area contributed by atoms with Gasteiger partial charge in [0.2, 0.25) is 6.79 Å². The fraction of sp³-hybridized carbons (Fsp3) is 0.118. The molecule has 3 heteroatoms. The smallest absolute Gasteiger partial charge is 0.231 e. The number of allylic oxidation sites excluding steroid dienone is 1. The lowest BCUT2D eigenvalue weighted by Gasteiger charge is -1.99. The van der Waals surface area contributed by atoms with Crippen molar-refractivity contribution in [2.45, 2.75) is 6.92 Å². The van der Waals surface area contributed by atoms with Crippen LogP contribution in [0.2, 0.25) is 0 Å². The Kier molecular flexibility index (Phi) is 3.25. The quantitative estimate of drug-likeness (QED) is 0.628. The van der Waals surface area contributed by atoms with E-state index in [1.54, 1.807) is 24.3 Å². The van der Waals surface area contributed by atoms with Gasteiger partial charge in [0.05, 0.1) is 0 Å². The molecule has 1 aliphatic heterocycles. The van der Waals surface area contributed by atoms with Crippen LogP contribution in [0.15, 0.2) is 48.5 Å². The van der Waals surface area contributed by atoms with Gasteiger partial charge >= 0.3 is 0 Å². The van der Waals surface area contributed by atoms with Crippen LogP contribution in [0, 0.1) is 6.92 Å². The van der Waals surface area contributed by atoms with Crippen molar-refractivity contribution in [3.05, 3.63) is 65.2 Å². The van der Waals surface area contributed by atoms with Crippen LogP contribution in [-0.4, -0.2) is 12.6 Å². The molecule has 0 aliphatic carbocycles. The summed E-state index contributed by atoms with van der Waals surface area (Å²) in [5.41, 5.74) is 2.80. The third kappa shape index (κ3) is 2.57. The minimum absolute atomic E-state index is 0.0520. The van der Waals surface area contributed by atoms with Crippen LogP contribution < -0.4 is 9.47 Å². The molecular weight excluding hydrogens is 252 g/mol. The Morgan fingerprint density at radius 3 is 2.60 bits per heavy atom. The third-order valence-electron chi connectivity index (χ3n) is 3.16. The van der Waals surface area contributed by atoms with Gasteiger partial charge in [-0.15, -0.1) is 0 Å². The van der Waals surface area contributed by atoms with Gasteiger partial charge in [0, 0.05) is 5.56 Å². The van der Waals surface area contributed by atoms with Crippen LogP contribution >= 0.6 is 0 Å². The van der Waals surface area contributed by atoms with E-state index in [-0.39, 0.29) is 12.6 Å². The van der Waals surface area contributed by atoms with Crippen LogP contribution in [0.3, 0.4) is 0 Å². The number of carbonyl (C=O) groups is 1. The lowest BCUT2D eigenvalue weighted by atomic mass is 10.1. The molecule has 2 aromatic rings. The molecule has 100 valence electrons. The SMILES string of the molecule is Cc1ccc(/C=C/C(=O)c2ccc3c(c2)OCO3)cc1. The molecule has 3 rings (SSSR count). The number of fused-ring (bicyclic) bond motifs is 1. The van der Waals surface area contributed by atoms with E-state index in [0.717, 1.165) is 5.56 Å². The Morgan fingerprint density at radius 2 is 1.80 bits per heavy atom. The molecule has 0 saturated carbocycles. The van der Waals surface area contributed by atoms with Crippen molar-refractivity contribution in [2.24, 2.45) is 0 Å². The predicted molar refractivity (Wildman–Crippen MR) is 77.1 cm³/mol. The van der Waals surface area contributed by atoms with Gasteiger partial charge in [0.1, 0.15) is 0 Å². The number of aryl methyl sites for hydroxylation is 1. The molecule has 1 heterocycles. The maximum atomic E-state index is 12.1. The zero-order valence-electron chi connectivity index (χ0n) is 11.1. The summed E-state index contributed by atoms with van der Waals surface area (Å²) in [5.74, 6) is 1.26. The summed E-state index contributed by atoms with van der Waals surface area (Å²) in [6.07, 6.45) is 3.38. The van der Waals surface area contributed by atoms with Gasteiger partial charge < -0.3 is 9.47 Å². The average molecular weight is 266 g/mol. The van der Waals surface area contributed by atoms with Crippen molar-refractivity contribution in [3.8, 4) is 11.5 Å². The van der Waals surface area contributed by atoms with Gasteiger partial charge in [-0.1, -0.05) is 35.9 Å². The van der Waals surface area contributed by atoms with E-state index in [1.165, 1.54) is 5.56 Å². The highest BCUT2D eigenvalue weighted by Gasteiger charge is 2.14. The summed E-state index contributed by atoms with van der Waals surface area (Å²) in [4.78, 5) is 12.1. The lowest BCUT2D eigenvalue weighted by molar-refractivity contribution is 0.104. The fourth-order valence-corrected chi connectivity index (χ4v) is 2.00. The standard InChI is InChI=1S/C17H14O3/c1-12-2-4-13(5-3-12)6-8-15(18)14-7-9-16-17(10-14)20-11-19-16/h2-10H,11H2,1H3/b8-6+. The van der Waals surface area contributed by atoms with E-state index < -0.39 is 0 Å². The Hall–Kier alpha value is -2.55. The summed E-state index contributed by atoms with van der Waals surface area (Å²) in [6.45, 7) is 2.25. The van der Waals surface area contributed by atoms with Crippen molar-refractivity contribution in [1.29, 1.82) is 0 Å². The molecule has 20 heavy (non-hydrogen) atoms. The zero-order valence-corrected chi connectivity index (χ0v) is 11.1. The zero-order chi connectivity index (χ0) is 13.9. The maximum Gasteiger partial charge on any atom is 0.231 e. The topological polar surface area (TPSA) is 35.5 Å². The summed E-state index contributed by atoms with van der Waals surface area (Å²) in [6, 6.07) is 13.2. The first-order valence-corrected chi connectivity index (χ1v) is 6.41. The molecule has 0 spiro atoms. The van der Waals surface area contributed by atoms with Crippen LogP contribution in [0.4, 0.5) is 0 Å². The van der Waals surface area contributed by atoms with Crippen molar-refractivity contribution in [1.82, 2.24) is 0 Å². The van der Waals surface area contributed by atoms with Gasteiger partial charge in [-0.3, -0.25) is 4.79 Å². The van der Waals surface area contributed by atoms with Crippen molar-refractivity contribution in [3.63, 3.8) is 0 Å². The summed E-state index contributed by atoms with van der Waals surface area (Å²) in [7, 11) is 0. The molecule has 0 aromatic heterocycles. The van der Waals surface area contributed by atoms with Gasteiger partial charge in [-0.25, -0.2) is 0 Å². The largest absolute Gasteiger partial charge is 0.454 e. The Labute approximate surface area is 117 Å². The molecule has 0 fully saturated rings. The molecule has 0 N–H and O–H groups in total. The van der Waals surface area contributed by atoms with E-state index in [4.69, 9.17) is 9.47 Å². The molecule has 1 aliphatic rings. The Bertz CT molecular complexity index is 669. The van der Waals surface area contributed by atoms with E-state index in [1.807, 2.05) is 37.3 Å². The van der Waals surface area contributed by atoms with E-state index in [2.05, 4.69) is 0 Å².